The highest BCUT2D eigenvalue weighted by Crippen LogP contribution is 2.28. The van der Waals surface area contributed by atoms with E-state index < -0.39 is 0 Å². The number of hydrogen-bond acceptors (Lipinski definition) is 4. The summed E-state index contributed by atoms with van der Waals surface area (Å²) in [4.78, 5) is 14.5. The van der Waals surface area contributed by atoms with E-state index in [0.717, 1.165) is 11.1 Å². The van der Waals surface area contributed by atoms with Gasteiger partial charge in [0, 0.05) is 12.6 Å². The fourth-order valence-corrected chi connectivity index (χ4v) is 2.86. The van der Waals surface area contributed by atoms with Crippen LogP contribution in [0.4, 0.5) is 0 Å². The lowest BCUT2D eigenvalue weighted by Crippen LogP contribution is -2.32. The highest BCUT2D eigenvalue weighted by Gasteiger charge is 2.18. The number of likely N-dealkylation sites (N-methyl/N-ethyl adjacent to an activating group) is 1. The van der Waals surface area contributed by atoms with Crippen LogP contribution in [0.3, 0.4) is 0 Å². The van der Waals surface area contributed by atoms with Crippen LogP contribution in [0.25, 0.3) is 6.08 Å². The molecule has 2 rings (SSSR count). The summed E-state index contributed by atoms with van der Waals surface area (Å²) in [5, 5.41) is 8.92. The van der Waals surface area contributed by atoms with E-state index in [0.29, 0.717) is 23.6 Å². The molecule has 1 amide bonds. The van der Waals surface area contributed by atoms with Gasteiger partial charge in [-0.15, -0.1) is 0 Å². The van der Waals surface area contributed by atoms with Crippen LogP contribution >= 0.6 is 0 Å². The summed E-state index contributed by atoms with van der Waals surface area (Å²) in [7, 11) is 3.16. The van der Waals surface area contributed by atoms with Crippen molar-refractivity contribution in [3.8, 4) is 17.6 Å². The Labute approximate surface area is 160 Å². The lowest BCUT2D eigenvalue weighted by atomic mass is 10.0. The molecule has 0 aliphatic rings. The molecule has 0 heterocycles. The lowest BCUT2D eigenvalue weighted by Gasteiger charge is -2.27. The summed E-state index contributed by atoms with van der Waals surface area (Å²) in [5.41, 5.74) is 2.44. The van der Waals surface area contributed by atoms with Gasteiger partial charge in [-0.3, -0.25) is 4.79 Å². The first-order chi connectivity index (χ1) is 13.0. The third-order valence-corrected chi connectivity index (χ3v) is 4.44. The maximum absolute atomic E-state index is 12.7. The number of hydrogen-bond donors (Lipinski definition) is 0. The number of benzene rings is 2. The molecular formula is C22H24N2O3. The largest absolute Gasteiger partial charge is 0.493 e. The molecule has 0 bridgehead atoms. The fraction of sp³-hybridized carbons (Fsp3) is 0.273. The van der Waals surface area contributed by atoms with Gasteiger partial charge in [0.05, 0.1) is 31.9 Å². The Bertz CT molecular complexity index is 851. The lowest BCUT2D eigenvalue weighted by molar-refractivity contribution is -0.127. The molecule has 140 valence electrons. The summed E-state index contributed by atoms with van der Waals surface area (Å²) in [5.74, 6) is 1.18. The topological polar surface area (TPSA) is 62.6 Å². The zero-order chi connectivity index (χ0) is 19.8. The third kappa shape index (κ3) is 4.89. The van der Waals surface area contributed by atoms with Gasteiger partial charge in [-0.05, 0) is 55.3 Å². The molecule has 0 N–H and O–H groups in total. The van der Waals surface area contributed by atoms with Gasteiger partial charge in [0.25, 0.3) is 0 Å². The second-order valence-corrected chi connectivity index (χ2v) is 5.98. The maximum Gasteiger partial charge on any atom is 0.247 e. The second-order valence-electron chi connectivity index (χ2n) is 5.98. The van der Waals surface area contributed by atoms with Crippen molar-refractivity contribution in [1.29, 1.82) is 5.26 Å². The molecule has 0 aliphatic carbocycles. The van der Waals surface area contributed by atoms with Crippen molar-refractivity contribution < 1.29 is 14.3 Å². The first-order valence-corrected chi connectivity index (χ1v) is 8.74. The molecule has 1 atom stereocenters. The van der Waals surface area contributed by atoms with E-state index in [1.807, 2.05) is 38.1 Å². The Kier molecular flexibility index (Phi) is 7.01. The molecule has 2 aromatic rings. The van der Waals surface area contributed by atoms with E-state index in [1.54, 1.807) is 49.5 Å². The normalized spacial score (nSPS) is 11.7. The molecule has 1 unspecified atom stereocenters. The Hall–Kier alpha value is -3.26. The van der Waals surface area contributed by atoms with Crippen molar-refractivity contribution in [3.05, 3.63) is 65.2 Å². The quantitative estimate of drug-likeness (QED) is 0.691. The van der Waals surface area contributed by atoms with Gasteiger partial charge in [0.2, 0.25) is 5.91 Å². The number of nitriles is 1. The highest BCUT2D eigenvalue weighted by atomic mass is 16.5. The molecule has 5 nitrogen and oxygen atoms in total. The monoisotopic (exact) mass is 364 g/mol. The van der Waals surface area contributed by atoms with Crippen LogP contribution < -0.4 is 9.47 Å². The molecule has 0 saturated heterocycles. The number of carbonyl (C=O) groups excluding carboxylic acids is 1. The molecule has 2 aromatic carbocycles. The number of ether oxygens (including phenoxy) is 2. The van der Waals surface area contributed by atoms with Crippen LogP contribution in [0.5, 0.6) is 11.5 Å². The molecule has 5 heteroatoms. The zero-order valence-electron chi connectivity index (χ0n) is 16.1. The first-order valence-electron chi connectivity index (χ1n) is 8.74. The molecule has 0 spiro atoms. The van der Waals surface area contributed by atoms with Gasteiger partial charge in [0.15, 0.2) is 11.5 Å². The fourth-order valence-electron chi connectivity index (χ4n) is 2.86. The first kappa shape index (κ1) is 20.1. The smallest absolute Gasteiger partial charge is 0.247 e. The molecule has 27 heavy (non-hydrogen) atoms. The van der Waals surface area contributed by atoms with E-state index in [2.05, 4.69) is 6.07 Å². The summed E-state index contributed by atoms with van der Waals surface area (Å²) >= 11 is 0. The Morgan fingerprint density at radius 1 is 1.15 bits per heavy atom. The van der Waals surface area contributed by atoms with Crippen LogP contribution in [0, 0.1) is 11.3 Å². The summed E-state index contributed by atoms with van der Waals surface area (Å²) in [6.45, 7) is 4.51. The predicted molar refractivity (Wildman–Crippen MR) is 106 cm³/mol. The van der Waals surface area contributed by atoms with Gasteiger partial charge in [0.1, 0.15) is 0 Å². The van der Waals surface area contributed by atoms with Crippen LogP contribution in [-0.4, -0.2) is 31.6 Å². The van der Waals surface area contributed by atoms with Gasteiger partial charge in [-0.2, -0.15) is 5.26 Å². The molecular weight excluding hydrogens is 340 g/mol. The summed E-state index contributed by atoms with van der Waals surface area (Å²) in [6, 6.07) is 14.8. The van der Waals surface area contributed by atoms with E-state index in [9.17, 15) is 4.79 Å². The zero-order valence-corrected chi connectivity index (χ0v) is 16.1. The minimum atomic E-state index is -0.0923. The molecule has 0 radical (unpaired) electrons. The Morgan fingerprint density at radius 2 is 1.81 bits per heavy atom. The van der Waals surface area contributed by atoms with Crippen molar-refractivity contribution in [1.82, 2.24) is 4.90 Å². The van der Waals surface area contributed by atoms with E-state index in [4.69, 9.17) is 14.7 Å². The SMILES string of the molecule is CCN(C(=O)/C=C/c1ccc(OC)c(OC)c1)C(C)c1ccc(C#N)cc1. The van der Waals surface area contributed by atoms with Crippen LogP contribution in [0.2, 0.25) is 0 Å². The van der Waals surface area contributed by atoms with Crippen molar-refractivity contribution >= 4 is 12.0 Å². The summed E-state index contributed by atoms with van der Waals surface area (Å²) in [6.07, 6.45) is 3.32. The predicted octanol–water partition coefficient (Wildman–Crippen LogP) is 4.20. The van der Waals surface area contributed by atoms with E-state index >= 15 is 0 Å². The molecule has 0 saturated carbocycles. The second kappa shape index (κ2) is 9.44. The number of nitrogens with zero attached hydrogens (tertiary/aromatic N) is 2. The van der Waals surface area contributed by atoms with Gasteiger partial charge in [-0.25, -0.2) is 0 Å². The van der Waals surface area contributed by atoms with Crippen LogP contribution in [0.15, 0.2) is 48.5 Å². The Morgan fingerprint density at radius 3 is 2.37 bits per heavy atom. The summed E-state index contributed by atoms with van der Waals surface area (Å²) < 4.78 is 10.5. The average molecular weight is 364 g/mol. The minimum absolute atomic E-state index is 0.0795. The third-order valence-electron chi connectivity index (χ3n) is 4.44. The molecule has 0 aromatic heterocycles. The maximum atomic E-state index is 12.7. The number of amides is 1. The number of methoxy groups -OCH3 is 2. The van der Waals surface area contributed by atoms with Crippen molar-refractivity contribution in [3.63, 3.8) is 0 Å². The van der Waals surface area contributed by atoms with Crippen molar-refractivity contribution in [2.45, 2.75) is 19.9 Å². The van der Waals surface area contributed by atoms with Crippen molar-refractivity contribution in [2.75, 3.05) is 20.8 Å². The number of carbonyl (C=O) groups is 1. The van der Waals surface area contributed by atoms with Gasteiger partial charge >= 0.3 is 0 Å². The van der Waals surface area contributed by atoms with Gasteiger partial charge in [-0.1, -0.05) is 18.2 Å². The molecule has 0 aliphatic heterocycles. The van der Waals surface area contributed by atoms with E-state index in [1.165, 1.54) is 0 Å². The molecule has 0 fully saturated rings. The Balaban J connectivity index is 2.16. The van der Waals surface area contributed by atoms with Crippen molar-refractivity contribution in [2.24, 2.45) is 0 Å². The van der Waals surface area contributed by atoms with Crippen LogP contribution in [-0.2, 0) is 4.79 Å². The van der Waals surface area contributed by atoms with Gasteiger partial charge < -0.3 is 14.4 Å². The number of rotatable bonds is 7. The van der Waals surface area contributed by atoms with Crippen LogP contribution in [0.1, 0.15) is 36.6 Å². The standard InChI is InChI=1S/C22H24N2O3/c1-5-24(16(2)19-10-6-18(15-23)7-11-19)22(25)13-9-17-8-12-20(26-3)21(14-17)27-4/h6-14,16H,5H2,1-4H3/b13-9+. The van der Waals surface area contributed by atoms with E-state index in [-0.39, 0.29) is 11.9 Å². The average Bonchev–Trinajstić information content (AvgIpc) is 2.72. The highest BCUT2D eigenvalue weighted by molar-refractivity contribution is 5.92. The minimum Gasteiger partial charge on any atom is -0.493 e.